The Balaban J connectivity index is 1.29. The van der Waals surface area contributed by atoms with Crippen molar-refractivity contribution in [3.8, 4) is 17.6 Å². The zero-order valence-corrected chi connectivity index (χ0v) is 25.7. The Bertz CT molecular complexity index is 1730. The van der Waals surface area contributed by atoms with Crippen molar-refractivity contribution in [2.45, 2.75) is 39.0 Å². The molecule has 0 aliphatic carbocycles. The van der Waals surface area contributed by atoms with Crippen molar-refractivity contribution < 1.29 is 14.6 Å². The number of anilines is 4. The van der Waals surface area contributed by atoms with E-state index >= 15 is 0 Å². The Kier molecular flexibility index (Phi) is 7.40. The van der Waals surface area contributed by atoms with E-state index in [1.165, 1.54) is 11.3 Å². The number of para-hydroxylation sites is 2. The maximum Gasteiger partial charge on any atom is 0.325 e. The van der Waals surface area contributed by atoms with Gasteiger partial charge in [0.05, 0.1) is 46.0 Å². The largest absolute Gasteiger partial charge is 0.506 e. The number of rotatable bonds is 5. The number of hydrogen-bond donors (Lipinski definition) is 3. The van der Waals surface area contributed by atoms with Crippen molar-refractivity contribution in [3.63, 3.8) is 0 Å². The van der Waals surface area contributed by atoms with E-state index in [0.717, 1.165) is 59.7 Å². The highest BCUT2D eigenvalue weighted by Gasteiger charge is 2.48. The molecule has 43 heavy (non-hydrogen) atoms. The van der Waals surface area contributed by atoms with Crippen LogP contribution < -0.4 is 20.3 Å². The molecule has 1 aromatic heterocycles. The maximum atomic E-state index is 13.2. The van der Waals surface area contributed by atoms with Gasteiger partial charge in [-0.25, -0.2) is 9.78 Å². The number of carbonyl (C=O) groups is 1. The van der Waals surface area contributed by atoms with Gasteiger partial charge in [-0.1, -0.05) is 44.2 Å². The van der Waals surface area contributed by atoms with Gasteiger partial charge in [-0.3, -0.25) is 5.32 Å². The molecule has 0 unspecified atom stereocenters. The fourth-order valence-electron chi connectivity index (χ4n) is 6.52. The summed E-state index contributed by atoms with van der Waals surface area (Å²) < 4.78 is 6.21. The van der Waals surface area contributed by atoms with Crippen LogP contribution in [-0.4, -0.2) is 54.3 Å². The highest BCUT2D eigenvalue weighted by molar-refractivity contribution is 7.22. The number of nitrogens with zero attached hydrogens (tertiary/aromatic N) is 4. The van der Waals surface area contributed by atoms with E-state index in [0.29, 0.717) is 28.6 Å². The van der Waals surface area contributed by atoms with Crippen LogP contribution in [0.2, 0.25) is 0 Å². The van der Waals surface area contributed by atoms with Gasteiger partial charge in [-0.2, -0.15) is 5.26 Å². The average Bonchev–Trinajstić information content (AvgIpc) is 3.53. The van der Waals surface area contributed by atoms with Crippen LogP contribution in [-0.2, 0) is 5.41 Å². The molecule has 1 fully saturated rings. The molecule has 2 amide bonds. The molecule has 2 aliphatic heterocycles. The number of phenols is 1. The Hall–Kier alpha value is -4.33. The second kappa shape index (κ2) is 11.1. The SMILES string of the molecule is COc1ccc2nc(NC(=O)Nc3ccccc3N3CC4(CCN(CC(C)(C)C)CC4)c4c(C#N)ccc(O)c43)sc2c1. The number of fused-ring (bicyclic) bond motifs is 3. The van der Waals surface area contributed by atoms with Crippen molar-refractivity contribution in [2.75, 3.05) is 48.8 Å². The van der Waals surface area contributed by atoms with Crippen LogP contribution in [0.1, 0.15) is 44.7 Å². The summed E-state index contributed by atoms with van der Waals surface area (Å²) in [6.07, 6.45) is 1.76. The third kappa shape index (κ3) is 5.58. The van der Waals surface area contributed by atoms with Crippen LogP contribution in [0.5, 0.6) is 11.5 Å². The third-order valence-corrected chi connectivity index (χ3v) is 9.24. The molecule has 10 heteroatoms. The first-order valence-corrected chi connectivity index (χ1v) is 15.3. The first-order chi connectivity index (χ1) is 20.6. The van der Waals surface area contributed by atoms with E-state index in [2.05, 4.69) is 52.3 Å². The zero-order chi connectivity index (χ0) is 30.4. The summed E-state index contributed by atoms with van der Waals surface area (Å²) in [5.74, 6) is 0.861. The Morgan fingerprint density at radius 1 is 1.14 bits per heavy atom. The highest BCUT2D eigenvalue weighted by atomic mass is 32.1. The normalized spacial score (nSPS) is 16.2. The molecule has 3 aromatic carbocycles. The Labute approximate surface area is 255 Å². The van der Waals surface area contributed by atoms with E-state index in [4.69, 9.17) is 4.74 Å². The number of nitriles is 1. The number of piperidine rings is 1. The number of thiazole rings is 1. The zero-order valence-electron chi connectivity index (χ0n) is 24.9. The second-order valence-corrected chi connectivity index (χ2v) is 13.7. The summed E-state index contributed by atoms with van der Waals surface area (Å²) in [4.78, 5) is 22.3. The summed E-state index contributed by atoms with van der Waals surface area (Å²) in [5, 5.41) is 27.7. The van der Waals surface area contributed by atoms with Crippen LogP contribution >= 0.6 is 11.3 Å². The Morgan fingerprint density at radius 3 is 2.63 bits per heavy atom. The monoisotopic (exact) mass is 596 g/mol. The molecule has 0 atom stereocenters. The summed E-state index contributed by atoms with van der Waals surface area (Å²) in [5.41, 5.74) is 4.19. The summed E-state index contributed by atoms with van der Waals surface area (Å²) >= 11 is 1.37. The maximum absolute atomic E-state index is 13.2. The quantitative estimate of drug-likeness (QED) is 0.226. The lowest BCUT2D eigenvalue weighted by Gasteiger charge is -2.42. The van der Waals surface area contributed by atoms with Gasteiger partial charge in [0.2, 0.25) is 0 Å². The number of carbonyl (C=O) groups excluding carboxylic acids is 1. The van der Waals surface area contributed by atoms with Gasteiger partial charge in [-0.15, -0.1) is 0 Å². The molecular weight excluding hydrogens is 560 g/mol. The number of methoxy groups -OCH3 is 1. The van der Waals surface area contributed by atoms with Gasteiger partial charge in [-0.05, 0) is 73.8 Å². The average molecular weight is 597 g/mol. The van der Waals surface area contributed by atoms with E-state index in [-0.39, 0.29) is 16.6 Å². The minimum Gasteiger partial charge on any atom is -0.506 e. The predicted molar refractivity (Wildman–Crippen MR) is 172 cm³/mol. The number of benzene rings is 3. The number of likely N-dealkylation sites (tertiary alicyclic amines) is 1. The lowest BCUT2D eigenvalue weighted by atomic mass is 9.72. The lowest BCUT2D eigenvalue weighted by Crippen LogP contribution is -2.47. The van der Waals surface area contributed by atoms with Crippen molar-refractivity contribution >= 4 is 49.8 Å². The van der Waals surface area contributed by atoms with E-state index < -0.39 is 6.03 Å². The summed E-state index contributed by atoms with van der Waals surface area (Å²) in [6, 6.07) is 18.5. The molecular formula is C33H36N6O3S. The van der Waals surface area contributed by atoms with Gasteiger partial charge in [0.25, 0.3) is 0 Å². The summed E-state index contributed by atoms with van der Waals surface area (Å²) in [6.45, 7) is 10.2. The number of nitrogens with one attached hydrogen (secondary N) is 2. The van der Waals surface area contributed by atoms with E-state index in [9.17, 15) is 15.2 Å². The Morgan fingerprint density at radius 2 is 1.91 bits per heavy atom. The standard InChI is InChI=1S/C33H36N6O3S/c1-32(2,3)19-38-15-13-33(14-16-38)20-39(29-26(40)12-9-21(18-34)28(29)33)25-8-6-5-7-23(25)35-30(41)37-31-36-24-11-10-22(42-4)17-27(24)43-31/h5-12,17,40H,13-16,19-20H2,1-4H3,(H2,35,36,37,41). The van der Waals surface area contributed by atoms with Gasteiger partial charge < -0.3 is 25.0 Å². The molecule has 0 saturated carbocycles. The number of hydrogen-bond acceptors (Lipinski definition) is 8. The van der Waals surface area contributed by atoms with Gasteiger partial charge in [0.1, 0.15) is 11.5 Å². The number of amides is 2. The van der Waals surface area contributed by atoms with Crippen molar-refractivity contribution in [3.05, 3.63) is 65.7 Å². The van der Waals surface area contributed by atoms with Crippen LogP contribution in [0.15, 0.2) is 54.6 Å². The third-order valence-electron chi connectivity index (χ3n) is 8.31. The van der Waals surface area contributed by atoms with Gasteiger partial charge in [0, 0.05) is 24.1 Å². The minimum absolute atomic E-state index is 0.132. The lowest BCUT2D eigenvalue weighted by molar-refractivity contribution is 0.125. The van der Waals surface area contributed by atoms with Gasteiger partial charge in [0.15, 0.2) is 5.13 Å². The molecule has 1 saturated heterocycles. The van der Waals surface area contributed by atoms with E-state index in [1.807, 2.05) is 42.5 Å². The molecule has 2 aliphatic rings. The minimum atomic E-state index is -0.418. The molecule has 0 bridgehead atoms. The second-order valence-electron chi connectivity index (χ2n) is 12.6. The van der Waals surface area contributed by atoms with Crippen LogP contribution in [0, 0.1) is 16.7 Å². The molecule has 222 valence electrons. The smallest absolute Gasteiger partial charge is 0.325 e. The number of aromatic hydroxyl groups is 1. The highest BCUT2D eigenvalue weighted by Crippen LogP contribution is 2.55. The number of phenolic OH excluding ortho intramolecular Hbond substituents is 1. The van der Waals surface area contributed by atoms with Crippen molar-refractivity contribution in [2.24, 2.45) is 5.41 Å². The first kappa shape index (κ1) is 28.8. The summed E-state index contributed by atoms with van der Waals surface area (Å²) in [7, 11) is 1.61. The van der Waals surface area contributed by atoms with Crippen LogP contribution in [0.4, 0.5) is 27.0 Å². The topological polar surface area (TPSA) is 114 Å². The van der Waals surface area contributed by atoms with Crippen molar-refractivity contribution in [1.29, 1.82) is 5.26 Å². The van der Waals surface area contributed by atoms with Crippen molar-refractivity contribution in [1.82, 2.24) is 9.88 Å². The van der Waals surface area contributed by atoms with Gasteiger partial charge >= 0.3 is 6.03 Å². The number of ether oxygens (including phenoxy) is 1. The molecule has 1 spiro atoms. The van der Waals surface area contributed by atoms with Crippen LogP contribution in [0.25, 0.3) is 10.2 Å². The van der Waals surface area contributed by atoms with Crippen LogP contribution in [0.3, 0.4) is 0 Å². The molecule has 6 rings (SSSR count). The first-order valence-electron chi connectivity index (χ1n) is 14.5. The van der Waals surface area contributed by atoms with E-state index in [1.54, 1.807) is 19.2 Å². The fraction of sp³-hybridized carbons (Fsp3) is 0.364. The molecule has 3 N–H and O–H groups in total. The molecule has 4 aromatic rings. The molecule has 3 heterocycles. The predicted octanol–water partition coefficient (Wildman–Crippen LogP) is 7.06. The molecule has 0 radical (unpaired) electrons. The molecule has 9 nitrogen and oxygen atoms in total. The number of urea groups is 1. The number of aromatic nitrogens is 1. The fourth-order valence-corrected chi connectivity index (χ4v) is 7.41.